The number of ether oxygens (including phenoxy) is 1. The Kier molecular flexibility index (Phi) is 7.36. The third-order valence-corrected chi connectivity index (χ3v) is 7.69. The molecule has 5 rings (SSSR count). The van der Waals surface area contributed by atoms with Crippen molar-refractivity contribution in [3.8, 4) is 17.1 Å². The van der Waals surface area contributed by atoms with Crippen LogP contribution in [0, 0.1) is 0 Å². The van der Waals surface area contributed by atoms with Gasteiger partial charge in [0.15, 0.2) is 5.82 Å². The zero-order valence-corrected chi connectivity index (χ0v) is 21.7. The molecule has 0 bridgehead atoms. The van der Waals surface area contributed by atoms with Crippen molar-refractivity contribution in [1.29, 1.82) is 0 Å². The fraction of sp³-hybridized carbons (Fsp3) is 0.286. The van der Waals surface area contributed by atoms with E-state index in [4.69, 9.17) is 19.8 Å². The second-order valence-corrected chi connectivity index (χ2v) is 10.7. The van der Waals surface area contributed by atoms with Crippen molar-refractivity contribution in [3.05, 3.63) is 78.4 Å². The van der Waals surface area contributed by atoms with Crippen LogP contribution in [0.4, 0.5) is 5.82 Å². The Balaban J connectivity index is 1.32. The maximum absolute atomic E-state index is 12.0. The summed E-state index contributed by atoms with van der Waals surface area (Å²) in [6, 6.07) is 23.5. The SMILES string of the molecule is COc1ccc(CCN2CCCN(c3nc(-c4ccccc4)nc4ccccc34)CC2)cc1S(N)(=O)=O. The van der Waals surface area contributed by atoms with Crippen LogP contribution in [0.1, 0.15) is 12.0 Å². The highest BCUT2D eigenvalue weighted by Gasteiger charge is 2.20. The Morgan fingerprint density at radius 2 is 1.70 bits per heavy atom. The van der Waals surface area contributed by atoms with Crippen LogP contribution < -0.4 is 14.8 Å². The van der Waals surface area contributed by atoms with Crippen LogP contribution in [-0.4, -0.2) is 63.1 Å². The Hall–Kier alpha value is -3.53. The van der Waals surface area contributed by atoms with Crippen LogP contribution in [0.5, 0.6) is 5.75 Å². The first-order valence-electron chi connectivity index (χ1n) is 12.4. The van der Waals surface area contributed by atoms with Crippen molar-refractivity contribution in [3.63, 3.8) is 0 Å². The minimum absolute atomic E-state index is 0.0272. The highest BCUT2D eigenvalue weighted by molar-refractivity contribution is 7.89. The maximum atomic E-state index is 12.0. The van der Waals surface area contributed by atoms with E-state index in [2.05, 4.69) is 15.9 Å². The highest BCUT2D eigenvalue weighted by Crippen LogP contribution is 2.28. The van der Waals surface area contributed by atoms with Crippen LogP contribution in [0.3, 0.4) is 0 Å². The summed E-state index contributed by atoms with van der Waals surface area (Å²) in [7, 11) is -2.41. The van der Waals surface area contributed by atoms with Crippen LogP contribution in [0.2, 0.25) is 0 Å². The smallest absolute Gasteiger partial charge is 0.241 e. The zero-order valence-electron chi connectivity index (χ0n) is 20.9. The normalized spacial score (nSPS) is 15.0. The lowest BCUT2D eigenvalue weighted by Crippen LogP contribution is -2.32. The molecule has 3 aromatic carbocycles. The molecule has 0 saturated carbocycles. The first-order valence-corrected chi connectivity index (χ1v) is 14.0. The lowest BCUT2D eigenvalue weighted by molar-refractivity contribution is 0.297. The number of sulfonamides is 1. The van der Waals surface area contributed by atoms with E-state index in [1.54, 1.807) is 12.1 Å². The molecular formula is C28H31N5O3S. The van der Waals surface area contributed by atoms with Crippen molar-refractivity contribution in [2.75, 3.05) is 44.7 Å². The van der Waals surface area contributed by atoms with E-state index in [-0.39, 0.29) is 10.6 Å². The summed E-state index contributed by atoms with van der Waals surface area (Å²) in [5.74, 6) is 1.98. The van der Waals surface area contributed by atoms with Crippen molar-refractivity contribution in [1.82, 2.24) is 14.9 Å². The second-order valence-electron chi connectivity index (χ2n) is 9.22. The molecule has 0 amide bonds. The molecule has 0 unspecified atom stereocenters. The van der Waals surface area contributed by atoms with E-state index < -0.39 is 10.0 Å². The molecule has 1 fully saturated rings. The average Bonchev–Trinajstić information content (AvgIpc) is 3.17. The molecule has 2 N–H and O–H groups in total. The summed E-state index contributed by atoms with van der Waals surface area (Å²) < 4.78 is 29.1. The van der Waals surface area contributed by atoms with Gasteiger partial charge in [0.25, 0.3) is 0 Å². The zero-order chi connectivity index (χ0) is 25.8. The molecule has 8 nitrogen and oxygen atoms in total. The molecule has 0 radical (unpaired) electrons. The first-order chi connectivity index (χ1) is 17.9. The van der Waals surface area contributed by atoms with Crippen LogP contribution >= 0.6 is 0 Å². The number of hydrogen-bond acceptors (Lipinski definition) is 7. The number of aromatic nitrogens is 2. The number of benzene rings is 3. The van der Waals surface area contributed by atoms with Gasteiger partial charge in [-0.1, -0.05) is 48.5 Å². The van der Waals surface area contributed by atoms with Gasteiger partial charge in [-0.05, 0) is 49.2 Å². The molecule has 0 spiro atoms. The molecular weight excluding hydrogens is 486 g/mol. The van der Waals surface area contributed by atoms with E-state index in [9.17, 15) is 8.42 Å². The molecule has 1 saturated heterocycles. The molecule has 1 aliphatic rings. The van der Waals surface area contributed by atoms with Crippen molar-refractivity contribution in [2.45, 2.75) is 17.7 Å². The van der Waals surface area contributed by atoms with Crippen LogP contribution in [0.25, 0.3) is 22.3 Å². The van der Waals surface area contributed by atoms with Gasteiger partial charge in [-0.25, -0.2) is 23.5 Å². The monoisotopic (exact) mass is 517 g/mol. The number of methoxy groups -OCH3 is 1. The first kappa shape index (κ1) is 25.1. The van der Waals surface area contributed by atoms with E-state index in [0.717, 1.165) is 79.2 Å². The number of primary sulfonamides is 1. The Morgan fingerprint density at radius 1 is 0.919 bits per heavy atom. The topological polar surface area (TPSA) is 102 Å². The molecule has 37 heavy (non-hydrogen) atoms. The summed E-state index contributed by atoms with van der Waals surface area (Å²) >= 11 is 0. The second kappa shape index (κ2) is 10.8. The number of anilines is 1. The summed E-state index contributed by atoms with van der Waals surface area (Å²) in [6.07, 6.45) is 1.73. The lowest BCUT2D eigenvalue weighted by atomic mass is 10.1. The van der Waals surface area contributed by atoms with Gasteiger partial charge >= 0.3 is 0 Å². The minimum atomic E-state index is -3.85. The number of nitrogens with zero attached hydrogens (tertiary/aromatic N) is 4. The number of fused-ring (bicyclic) bond motifs is 1. The molecule has 1 aliphatic heterocycles. The van der Waals surface area contributed by atoms with Gasteiger partial charge in [0.2, 0.25) is 10.0 Å². The van der Waals surface area contributed by atoms with E-state index >= 15 is 0 Å². The summed E-state index contributed by atoms with van der Waals surface area (Å²) in [4.78, 5) is 14.7. The third-order valence-electron chi connectivity index (χ3n) is 6.75. The fourth-order valence-corrected chi connectivity index (χ4v) is 5.56. The Bertz CT molecular complexity index is 1490. The predicted octanol–water partition coefficient (Wildman–Crippen LogP) is 3.71. The van der Waals surface area contributed by atoms with E-state index in [1.807, 2.05) is 54.6 Å². The van der Waals surface area contributed by atoms with Crippen molar-refractivity contribution in [2.24, 2.45) is 5.14 Å². The van der Waals surface area contributed by atoms with Crippen LogP contribution in [-0.2, 0) is 16.4 Å². The number of rotatable bonds is 7. The Morgan fingerprint density at radius 3 is 2.49 bits per heavy atom. The van der Waals surface area contributed by atoms with Gasteiger partial charge in [0, 0.05) is 37.1 Å². The molecule has 9 heteroatoms. The van der Waals surface area contributed by atoms with Crippen molar-refractivity contribution >= 4 is 26.7 Å². The number of nitrogens with two attached hydrogens (primary N) is 1. The largest absolute Gasteiger partial charge is 0.495 e. The predicted molar refractivity (Wildman–Crippen MR) is 146 cm³/mol. The minimum Gasteiger partial charge on any atom is -0.495 e. The number of hydrogen-bond donors (Lipinski definition) is 1. The third kappa shape index (κ3) is 5.74. The molecule has 0 atom stereocenters. The molecule has 0 aliphatic carbocycles. The summed E-state index contributed by atoms with van der Waals surface area (Å²) in [5, 5.41) is 6.44. The van der Waals surface area contributed by atoms with Gasteiger partial charge in [0.05, 0.1) is 12.6 Å². The summed E-state index contributed by atoms with van der Waals surface area (Å²) in [5.41, 5.74) is 2.86. The lowest BCUT2D eigenvalue weighted by Gasteiger charge is -2.24. The number of para-hydroxylation sites is 1. The quantitative estimate of drug-likeness (QED) is 0.399. The van der Waals surface area contributed by atoms with Gasteiger partial charge in [0.1, 0.15) is 16.5 Å². The molecule has 2 heterocycles. The standard InChI is InChI=1S/C28H31N5O3S/c1-36-25-13-12-21(20-26(25)37(29,34)35)14-17-32-15-7-16-33(19-18-32)28-23-10-5-6-11-24(23)30-27(31-28)22-8-3-2-4-9-22/h2-6,8-13,20H,7,14-19H2,1H3,(H2,29,34,35). The van der Waals surface area contributed by atoms with Gasteiger partial charge in [-0.3, -0.25) is 0 Å². The van der Waals surface area contributed by atoms with Gasteiger partial charge < -0.3 is 14.5 Å². The summed E-state index contributed by atoms with van der Waals surface area (Å²) in [6.45, 7) is 4.43. The van der Waals surface area contributed by atoms with Gasteiger partial charge in [-0.15, -0.1) is 0 Å². The van der Waals surface area contributed by atoms with Gasteiger partial charge in [-0.2, -0.15) is 0 Å². The van der Waals surface area contributed by atoms with Crippen LogP contribution in [0.15, 0.2) is 77.7 Å². The molecule has 1 aromatic heterocycles. The molecule has 192 valence electrons. The van der Waals surface area contributed by atoms with Crippen molar-refractivity contribution < 1.29 is 13.2 Å². The Labute approximate surface area is 217 Å². The molecule has 4 aromatic rings. The maximum Gasteiger partial charge on any atom is 0.241 e. The van der Waals surface area contributed by atoms with E-state index in [0.29, 0.717) is 0 Å². The van der Waals surface area contributed by atoms with E-state index in [1.165, 1.54) is 7.11 Å². The highest BCUT2D eigenvalue weighted by atomic mass is 32.2. The average molecular weight is 518 g/mol. The fourth-order valence-electron chi connectivity index (χ4n) is 4.81.